The molecule has 9 aromatic carbocycles. The van der Waals surface area contributed by atoms with Crippen molar-refractivity contribution in [1.82, 2.24) is 0 Å². The molecule has 308 valence electrons. The molecular formula is C63H51N. The highest BCUT2D eigenvalue weighted by Gasteiger charge is 2.39. The second-order valence-corrected chi connectivity index (χ2v) is 19.8. The van der Waals surface area contributed by atoms with E-state index < -0.39 is 0 Å². The smallest absolute Gasteiger partial charge is 0.0465 e. The fraction of sp³-hybridized carbons (Fsp3) is 0.143. The Morgan fingerprint density at radius 3 is 1.00 bits per heavy atom. The summed E-state index contributed by atoms with van der Waals surface area (Å²) in [4.78, 5) is 2.48. The van der Waals surface area contributed by atoms with Crippen LogP contribution in [0.5, 0.6) is 0 Å². The zero-order chi connectivity index (χ0) is 43.5. The van der Waals surface area contributed by atoms with Crippen molar-refractivity contribution in [2.24, 2.45) is 0 Å². The molecule has 0 spiro atoms. The first-order valence-corrected chi connectivity index (χ1v) is 22.8. The molecule has 0 saturated heterocycles. The molecule has 0 atom stereocenters. The predicted octanol–water partition coefficient (Wildman–Crippen LogP) is 17.1. The summed E-state index contributed by atoms with van der Waals surface area (Å²) in [7, 11) is 0. The molecule has 3 aliphatic carbocycles. The summed E-state index contributed by atoms with van der Waals surface area (Å²) in [6, 6.07) is 75.2. The van der Waals surface area contributed by atoms with Crippen LogP contribution in [0.25, 0.3) is 66.8 Å². The van der Waals surface area contributed by atoms with Crippen LogP contribution < -0.4 is 4.90 Å². The average Bonchev–Trinajstić information content (AvgIpc) is 3.81. The van der Waals surface area contributed by atoms with Gasteiger partial charge < -0.3 is 4.90 Å². The van der Waals surface area contributed by atoms with Crippen LogP contribution in [0.2, 0.25) is 0 Å². The minimum atomic E-state index is -0.196. The van der Waals surface area contributed by atoms with Gasteiger partial charge in [0, 0.05) is 33.3 Å². The van der Waals surface area contributed by atoms with Crippen molar-refractivity contribution in [1.29, 1.82) is 0 Å². The third-order valence-electron chi connectivity index (χ3n) is 15.1. The van der Waals surface area contributed by atoms with Crippen molar-refractivity contribution >= 4 is 17.1 Å². The van der Waals surface area contributed by atoms with Crippen molar-refractivity contribution in [2.75, 3.05) is 4.90 Å². The zero-order valence-electron chi connectivity index (χ0n) is 37.5. The number of benzene rings is 9. The SMILES string of the molecule is CC1(C)c2ccccc2-c2ccc(-c3ccc(N(c4ccc5c(c4)C(C)(C)c4ccccc4-5)c4ccc5c(c4)C(C)(C)c4cc(-c6ccc(-c7ccccc7)cc6)ccc4-5)cc3)cc21. The molecule has 0 unspecified atom stereocenters. The maximum absolute atomic E-state index is 2.48. The van der Waals surface area contributed by atoms with E-state index in [2.05, 4.69) is 247 Å². The van der Waals surface area contributed by atoms with Gasteiger partial charge in [0.2, 0.25) is 0 Å². The van der Waals surface area contributed by atoms with E-state index in [1.54, 1.807) is 0 Å². The lowest BCUT2D eigenvalue weighted by Gasteiger charge is -2.30. The highest BCUT2D eigenvalue weighted by Crippen LogP contribution is 2.54. The Labute approximate surface area is 378 Å². The molecule has 12 rings (SSSR count). The number of fused-ring (bicyclic) bond motifs is 9. The Bertz CT molecular complexity index is 3330. The molecule has 0 fully saturated rings. The molecule has 0 N–H and O–H groups in total. The van der Waals surface area contributed by atoms with Crippen molar-refractivity contribution in [3.05, 3.63) is 234 Å². The number of nitrogens with zero attached hydrogens (tertiary/aromatic N) is 1. The Hall–Kier alpha value is -7.22. The largest absolute Gasteiger partial charge is 0.310 e. The monoisotopic (exact) mass is 821 g/mol. The molecular weight excluding hydrogens is 771 g/mol. The summed E-state index contributed by atoms with van der Waals surface area (Å²) in [6.45, 7) is 14.3. The summed E-state index contributed by atoms with van der Waals surface area (Å²) in [5.74, 6) is 0. The molecule has 0 aromatic heterocycles. The van der Waals surface area contributed by atoms with E-state index in [4.69, 9.17) is 0 Å². The highest BCUT2D eigenvalue weighted by molar-refractivity contribution is 5.90. The zero-order valence-corrected chi connectivity index (χ0v) is 37.5. The summed E-state index contributed by atoms with van der Waals surface area (Å²) >= 11 is 0. The van der Waals surface area contributed by atoms with Gasteiger partial charge in [0.1, 0.15) is 0 Å². The van der Waals surface area contributed by atoms with Crippen LogP contribution >= 0.6 is 0 Å². The Kier molecular flexibility index (Phi) is 8.35. The molecule has 1 nitrogen and oxygen atoms in total. The molecule has 3 aliphatic rings. The first kappa shape index (κ1) is 38.5. The Balaban J connectivity index is 0.937. The summed E-state index contributed by atoms with van der Waals surface area (Å²) < 4.78 is 0. The molecule has 1 heteroatoms. The van der Waals surface area contributed by atoms with Gasteiger partial charge >= 0.3 is 0 Å². The number of anilines is 3. The van der Waals surface area contributed by atoms with E-state index in [1.165, 1.54) is 106 Å². The molecule has 0 radical (unpaired) electrons. The van der Waals surface area contributed by atoms with Crippen molar-refractivity contribution in [3.8, 4) is 66.8 Å². The van der Waals surface area contributed by atoms with Gasteiger partial charge in [-0.15, -0.1) is 0 Å². The number of rotatable bonds is 6. The van der Waals surface area contributed by atoms with Gasteiger partial charge in [0.25, 0.3) is 0 Å². The van der Waals surface area contributed by atoms with Gasteiger partial charge in [-0.3, -0.25) is 0 Å². The maximum atomic E-state index is 2.48. The van der Waals surface area contributed by atoms with Crippen LogP contribution in [0, 0.1) is 0 Å². The third kappa shape index (κ3) is 5.70. The first-order valence-electron chi connectivity index (χ1n) is 22.8. The van der Waals surface area contributed by atoms with Crippen molar-refractivity contribution < 1.29 is 0 Å². The van der Waals surface area contributed by atoms with Gasteiger partial charge in [0.15, 0.2) is 0 Å². The van der Waals surface area contributed by atoms with E-state index in [1.807, 2.05) is 0 Å². The second-order valence-electron chi connectivity index (χ2n) is 19.8. The third-order valence-corrected chi connectivity index (χ3v) is 15.1. The lowest BCUT2D eigenvalue weighted by atomic mass is 9.81. The second kappa shape index (κ2) is 13.9. The maximum Gasteiger partial charge on any atom is 0.0465 e. The van der Waals surface area contributed by atoms with Gasteiger partial charge in [-0.2, -0.15) is 0 Å². The standard InChI is InChI=1S/C63H51N/c1-61(2)55-18-12-10-16-49(55)51-32-26-45(36-57(51)61)43-24-28-46(29-25-43)64(47-30-34-53-50-17-11-13-19-56(50)62(3,4)59(53)38-47)48-31-35-54-52-33-27-44(37-58(52)63(5,6)60(54)39-48)42-22-20-41(21-23-42)40-14-8-7-9-15-40/h7-39H,1-6H3. The topological polar surface area (TPSA) is 3.24 Å². The van der Waals surface area contributed by atoms with E-state index in [0.717, 1.165) is 11.4 Å². The number of hydrogen-bond donors (Lipinski definition) is 0. The van der Waals surface area contributed by atoms with Gasteiger partial charge in [-0.25, -0.2) is 0 Å². The molecule has 0 bridgehead atoms. The van der Waals surface area contributed by atoms with Crippen LogP contribution in [0.4, 0.5) is 17.1 Å². The molecule has 0 amide bonds. The fourth-order valence-electron chi connectivity index (χ4n) is 11.5. The van der Waals surface area contributed by atoms with Gasteiger partial charge in [-0.1, -0.05) is 193 Å². The van der Waals surface area contributed by atoms with E-state index >= 15 is 0 Å². The fourth-order valence-corrected chi connectivity index (χ4v) is 11.5. The Morgan fingerprint density at radius 2 is 0.531 bits per heavy atom. The van der Waals surface area contributed by atoms with Gasteiger partial charge in [0.05, 0.1) is 0 Å². The molecule has 64 heavy (non-hydrogen) atoms. The Morgan fingerprint density at radius 1 is 0.234 bits per heavy atom. The van der Waals surface area contributed by atoms with Crippen molar-refractivity contribution in [2.45, 2.75) is 57.8 Å². The van der Waals surface area contributed by atoms with Crippen LogP contribution in [-0.4, -0.2) is 0 Å². The van der Waals surface area contributed by atoms with Crippen LogP contribution in [0.1, 0.15) is 74.9 Å². The summed E-state index contributed by atoms with van der Waals surface area (Å²) in [6.07, 6.45) is 0. The van der Waals surface area contributed by atoms with Crippen LogP contribution in [-0.2, 0) is 16.2 Å². The summed E-state index contributed by atoms with van der Waals surface area (Å²) in [5, 5.41) is 0. The van der Waals surface area contributed by atoms with E-state index in [0.29, 0.717) is 0 Å². The van der Waals surface area contributed by atoms with Crippen molar-refractivity contribution in [3.63, 3.8) is 0 Å². The predicted molar refractivity (Wildman–Crippen MR) is 270 cm³/mol. The first-order chi connectivity index (χ1) is 31.0. The van der Waals surface area contributed by atoms with E-state index in [9.17, 15) is 0 Å². The van der Waals surface area contributed by atoms with Crippen LogP contribution in [0.15, 0.2) is 200 Å². The molecule has 0 heterocycles. The normalized spacial score (nSPS) is 15.1. The molecule has 9 aromatic rings. The molecule has 0 aliphatic heterocycles. The quantitative estimate of drug-likeness (QED) is 0.161. The highest BCUT2D eigenvalue weighted by atomic mass is 15.1. The minimum Gasteiger partial charge on any atom is -0.310 e. The average molecular weight is 822 g/mol. The molecule has 0 saturated carbocycles. The van der Waals surface area contributed by atoms with Crippen LogP contribution in [0.3, 0.4) is 0 Å². The van der Waals surface area contributed by atoms with E-state index in [-0.39, 0.29) is 16.2 Å². The summed E-state index contributed by atoms with van der Waals surface area (Å²) in [5.41, 5.74) is 26.9. The lowest BCUT2D eigenvalue weighted by Crippen LogP contribution is -2.18. The minimum absolute atomic E-state index is 0.0452. The lowest BCUT2D eigenvalue weighted by molar-refractivity contribution is 0.660. The number of hydrogen-bond acceptors (Lipinski definition) is 1. The van der Waals surface area contributed by atoms with Gasteiger partial charge in [-0.05, 0) is 149 Å².